The summed E-state index contributed by atoms with van der Waals surface area (Å²) >= 11 is 0. The average molecular weight is 249 g/mol. The zero-order valence-corrected chi connectivity index (χ0v) is 12.6. The van der Waals surface area contributed by atoms with Crippen molar-refractivity contribution in [3.63, 3.8) is 0 Å². The van der Waals surface area contributed by atoms with Crippen molar-refractivity contribution in [3.8, 4) is 0 Å². The molecule has 0 bridgehead atoms. The van der Waals surface area contributed by atoms with Crippen molar-refractivity contribution in [2.24, 2.45) is 0 Å². The van der Waals surface area contributed by atoms with E-state index in [9.17, 15) is 0 Å². The molecule has 18 heavy (non-hydrogen) atoms. The molecule has 0 aromatic carbocycles. The summed E-state index contributed by atoms with van der Waals surface area (Å²) in [4.78, 5) is 6.53. The van der Waals surface area contributed by atoms with Crippen molar-refractivity contribution in [2.75, 3.05) is 25.5 Å². The van der Waals surface area contributed by atoms with Crippen molar-refractivity contribution in [1.29, 1.82) is 0 Å². The topological polar surface area (TPSA) is 28.2 Å². The smallest absolute Gasteiger partial charge is 0.127 e. The number of nitrogens with one attached hydrogen (secondary N) is 1. The fourth-order valence-corrected chi connectivity index (χ4v) is 2.35. The first-order valence-corrected chi connectivity index (χ1v) is 6.74. The van der Waals surface area contributed by atoms with Crippen LogP contribution in [-0.2, 0) is 5.41 Å². The van der Waals surface area contributed by atoms with Crippen LogP contribution >= 0.6 is 0 Å². The monoisotopic (exact) mass is 249 g/mol. The van der Waals surface area contributed by atoms with Gasteiger partial charge >= 0.3 is 0 Å². The molecule has 1 unspecified atom stereocenters. The molecule has 3 nitrogen and oxygen atoms in total. The Hall–Kier alpha value is -1.09. The van der Waals surface area contributed by atoms with Gasteiger partial charge in [-0.15, -0.1) is 0 Å². The van der Waals surface area contributed by atoms with Gasteiger partial charge in [-0.2, -0.15) is 0 Å². The molecule has 3 heteroatoms. The van der Waals surface area contributed by atoms with Gasteiger partial charge < -0.3 is 10.2 Å². The van der Waals surface area contributed by atoms with Crippen LogP contribution in [0.4, 0.5) is 5.82 Å². The van der Waals surface area contributed by atoms with Crippen molar-refractivity contribution < 1.29 is 0 Å². The molecule has 1 heterocycles. The third kappa shape index (κ3) is 3.98. The van der Waals surface area contributed by atoms with E-state index < -0.39 is 0 Å². The SMILES string of the molecule is CCNC(C)CC(C)(C)c1ccc(N(C)C)nc1. The number of hydrogen-bond acceptors (Lipinski definition) is 3. The van der Waals surface area contributed by atoms with Gasteiger partial charge in [0.15, 0.2) is 0 Å². The van der Waals surface area contributed by atoms with Crippen LogP contribution in [0.15, 0.2) is 18.3 Å². The first-order chi connectivity index (χ1) is 8.36. The summed E-state index contributed by atoms with van der Waals surface area (Å²) in [6, 6.07) is 4.81. The van der Waals surface area contributed by atoms with E-state index in [2.05, 4.69) is 50.1 Å². The molecule has 1 aromatic heterocycles. The highest BCUT2D eigenvalue weighted by Crippen LogP contribution is 2.28. The number of nitrogens with zero attached hydrogens (tertiary/aromatic N) is 2. The Bertz CT molecular complexity index is 355. The van der Waals surface area contributed by atoms with Crippen molar-refractivity contribution in [1.82, 2.24) is 10.3 Å². The first-order valence-electron chi connectivity index (χ1n) is 6.74. The summed E-state index contributed by atoms with van der Waals surface area (Å²) < 4.78 is 0. The maximum atomic E-state index is 4.50. The van der Waals surface area contributed by atoms with Crippen LogP contribution in [0.25, 0.3) is 0 Å². The Morgan fingerprint density at radius 2 is 2.00 bits per heavy atom. The molecule has 102 valence electrons. The van der Waals surface area contributed by atoms with Gasteiger partial charge in [0, 0.05) is 26.3 Å². The quantitative estimate of drug-likeness (QED) is 0.840. The average Bonchev–Trinajstić information content (AvgIpc) is 2.28. The zero-order valence-electron chi connectivity index (χ0n) is 12.6. The molecule has 1 aromatic rings. The molecule has 0 radical (unpaired) electrons. The van der Waals surface area contributed by atoms with E-state index >= 15 is 0 Å². The molecule has 0 amide bonds. The minimum absolute atomic E-state index is 0.152. The largest absolute Gasteiger partial charge is 0.363 e. The lowest BCUT2D eigenvalue weighted by atomic mass is 9.80. The van der Waals surface area contributed by atoms with E-state index in [0.29, 0.717) is 6.04 Å². The Kier molecular flexibility index (Phi) is 5.15. The fourth-order valence-electron chi connectivity index (χ4n) is 2.35. The fraction of sp³-hybridized carbons (Fsp3) is 0.667. The Balaban J connectivity index is 2.78. The number of anilines is 1. The van der Waals surface area contributed by atoms with E-state index in [4.69, 9.17) is 0 Å². The molecular formula is C15H27N3. The minimum Gasteiger partial charge on any atom is -0.363 e. The van der Waals surface area contributed by atoms with Crippen LogP contribution in [0, 0.1) is 0 Å². The highest BCUT2D eigenvalue weighted by Gasteiger charge is 2.23. The van der Waals surface area contributed by atoms with Crippen molar-refractivity contribution >= 4 is 5.82 Å². The number of rotatable bonds is 6. The Morgan fingerprint density at radius 1 is 1.33 bits per heavy atom. The van der Waals surface area contributed by atoms with E-state index in [0.717, 1.165) is 18.8 Å². The standard InChI is InChI=1S/C15H27N3/c1-7-16-12(2)10-15(3,4)13-8-9-14(17-11-13)18(5)6/h8-9,11-12,16H,7,10H2,1-6H3. The maximum Gasteiger partial charge on any atom is 0.127 e. The third-order valence-corrected chi connectivity index (χ3v) is 3.36. The van der Waals surface area contributed by atoms with Gasteiger partial charge in [-0.3, -0.25) is 0 Å². The summed E-state index contributed by atoms with van der Waals surface area (Å²) in [6.45, 7) is 9.99. The predicted molar refractivity (Wildman–Crippen MR) is 79.3 cm³/mol. The number of hydrogen-bond donors (Lipinski definition) is 1. The van der Waals surface area contributed by atoms with Crippen LogP contribution in [0.1, 0.15) is 39.7 Å². The van der Waals surface area contributed by atoms with Crippen LogP contribution in [0.5, 0.6) is 0 Å². The molecular weight excluding hydrogens is 222 g/mol. The lowest BCUT2D eigenvalue weighted by Crippen LogP contribution is -2.33. The highest BCUT2D eigenvalue weighted by molar-refractivity contribution is 5.38. The minimum atomic E-state index is 0.152. The second-order valence-electron chi connectivity index (χ2n) is 5.85. The van der Waals surface area contributed by atoms with Gasteiger partial charge in [-0.1, -0.05) is 26.8 Å². The summed E-state index contributed by atoms with van der Waals surface area (Å²) in [5.74, 6) is 1.01. The molecule has 0 spiro atoms. The Morgan fingerprint density at radius 3 is 2.44 bits per heavy atom. The molecule has 0 aliphatic heterocycles. The van der Waals surface area contributed by atoms with Gasteiger partial charge in [-0.25, -0.2) is 4.98 Å². The second-order valence-corrected chi connectivity index (χ2v) is 5.85. The molecule has 0 aliphatic carbocycles. The highest BCUT2D eigenvalue weighted by atomic mass is 15.1. The van der Waals surface area contributed by atoms with Gasteiger partial charge in [0.2, 0.25) is 0 Å². The molecule has 0 saturated heterocycles. The summed E-state index contributed by atoms with van der Waals surface area (Å²) in [6.07, 6.45) is 3.12. The number of aromatic nitrogens is 1. The lowest BCUT2D eigenvalue weighted by Gasteiger charge is -2.29. The molecule has 0 saturated carbocycles. The third-order valence-electron chi connectivity index (χ3n) is 3.36. The molecule has 0 fully saturated rings. The summed E-state index contributed by atoms with van der Waals surface area (Å²) in [5, 5.41) is 3.47. The second kappa shape index (κ2) is 6.19. The van der Waals surface area contributed by atoms with E-state index in [1.165, 1.54) is 5.56 Å². The molecule has 1 rings (SSSR count). The zero-order chi connectivity index (χ0) is 13.8. The Labute approximate surface area is 112 Å². The number of pyridine rings is 1. The van der Waals surface area contributed by atoms with Gasteiger partial charge in [0.25, 0.3) is 0 Å². The normalized spacial score (nSPS) is 13.4. The van der Waals surface area contributed by atoms with Gasteiger partial charge in [0.1, 0.15) is 5.82 Å². The molecule has 1 atom stereocenters. The lowest BCUT2D eigenvalue weighted by molar-refractivity contribution is 0.393. The van der Waals surface area contributed by atoms with Crippen LogP contribution < -0.4 is 10.2 Å². The van der Waals surface area contributed by atoms with Gasteiger partial charge in [-0.05, 0) is 36.9 Å². The van der Waals surface area contributed by atoms with Gasteiger partial charge in [0.05, 0.1) is 0 Å². The van der Waals surface area contributed by atoms with E-state index in [1.54, 1.807) is 0 Å². The van der Waals surface area contributed by atoms with Crippen molar-refractivity contribution in [3.05, 3.63) is 23.9 Å². The summed E-state index contributed by atoms with van der Waals surface area (Å²) in [5.41, 5.74) is 1.46. The predicted octanol–water partition coefficient (Wildman–Crippen LogP) is 2.81. The maximum absolute atomic E-state index is 4.50. The van der Waals surface area contributed by atoms with Crippen LogP contribution in [-0.4, -0.2) is 31.7 Å². The van der Waals surface area contributed by atoms with Crippen molar-refractivity contribution in [2.45, 2.75) is 45.6 Å². The summed E-state index contributed by atoms with van der Waals surface area (Å²) in [7, 11) is 4.03. The van der Waals surface area contributed by atoms with Crippen LogP contribution in [0.2, 0.25) is 0 Å². The van der Waals surface area contributed by atoms with Crippen LogP contribution in [0.3, 0.4) is 0 Å². The van der Waals surface area contributed by atoms with E-state index in [-0.39, 0.29) is 5.41 Å². The first kappa shape index (κ1) is 15.0. The van der Waals surface area contributed by atoms with E-state index in [1.807, 2.05) is 25.2 Å². The molecule has 0 aliphatic rings. The molecule has 1 N–H and O–H groups in total.